The van der Waals surface area contributed by atoms with E-state index in [1.807, 2.05) is 26.0 Å². The molecule has 0 amide bonds. The van der Waals surface area contributed by atoms with E-state index in [1.54, 1.807) is 20.3 Å². The van der Waals surface area contributed by atoms with E-state index in [4.69, 9.17) is 14.0 Å². The van der Waals surface area contributed by atoms with E-state index in [0.717, 1.165) is 5.56 Å². The van der Waals surface area contributed by atoms with Crippen LogP contribution in [0.15, 0.2) is 22.7 Å². The van der Waals surface area contributed by atoms with Gasteiger partial charge < -0.3 is 19.3 Å². The molecule has 0 spiro atoms. The minimum atomic E-state index is 0.230. The molecule has 1 aromatic carbocycles. The zero-order valence-corrected chi connectivity index (χ0v) is 11.4. The van der Waals surface area contributed by atoms with Crippen LogP contribution in [0.3, 0.4) is 0 Å². The van der Waals surface area contributed by atoms with Crippen LogP contribution in [0.5, 0.6) is 11.5 Å². The van der Waals surface area contributed by atoms with Crippen LogP contribution in [0, 0.1) is 0 Å². The van der Waals surface area contributed by atoms with E-state index in [1.165, 1.54) is 0 Å². The highest BCUT2D eigenvalue weighted by atomic mass is 16.5. The first kappa shape index (κ1) is 13.2. The van der Waals surface area contributed by atoms with Gasteiger partial charge >= 0.3 is 6.01 Å². The molecule has 19 heavy (non-hydrogen) atoms. The molecule has 6 heteroatoms. The van der Waals surface area contributed by atoms with Crippen LogP contribution in [0.4, 0.5) is 6.01 Å². The van der Waals surface area contributed by atoms with Crippen LogP contribution in [-0.4, -0.2) is 30.4 Å². The van der Waals surface area contributed by atoms with Crippen molar-refractivity contribution in [2.24, 2.45) is 0 Å². The minimum Gasteiger partial charge on any atom is -0.497 e. The van der Waals surface area contributed by atoms with Crippen LogP contribution in [-0.2, 0) is 0 Å². The summed E-state index contributed by atoms with van der Waals surface area (Å²) in [6, 6.07) is 6.07. The molecule has 0 unspecified atom stereocenters. The van der Waals surface area contributed by atoms with Gasteiger partial charge in [0.05, 0.1) is 14.2 Å². The number of hydrogen-bond acceptors (Lipinski definition) is 6. The van der Waals surface area contributed by atoms with Gasteiger partial charge in [0.25, 0.3) is 0 Å². The molecular formula is C13H17N3O3. The molecule has 0 aliphatic heterocycles. The van der Waals surface area contributed by atoms with Crippen LogP contribution in [0.25, 0.3) is 11.4 Å². The molecule has 0 radical (unpaired) electrons. The lowest BCUT2D eigenvalue weighted by atomic mass is 10.2. The second-order valence-electron chi connectivity index (χ2n) is 4.32. The van der Waals surface area contributed by atoms with E-state index in [2.05, 4.69) is 15.5 Å². The third-order valence-corrected chi connectivity index (χ3v) is 2.45. The maximum absolute atomic E-state index is 5.21. The maximum atomic E-state index is 5.21. The summed E-state index contributed by atoms with van der Waals surface area (Å²) in [7, 11) is 3.20. The minimum absolute atomic E-state index is 0.230. The number of aromatic nitrogens is 2. The summed E-state index contributed by atoms with van der Waals surface area (Å²) in [5.74, 6) is 1.84. The Bertz CT molecular complexity index is 530. The van der Waals surface area contributed by atoms with Gasteiger partial charge in [0.15, 0.2) is 0 Å². The fourth-order valence-electron chi connectivity index (χ4n) is 1.58. The van der Waals surface area contributed by atoms with Gasteiger partial charge in [-0.2, -0.15) is 4.98 Å². The molecule has 1 heterocycles. The maximum Gasteiger partial charge on any atom is 0.321 e. The number of anilines is 1. The van der Waals surface area contributed by atoms with Gasteiger partial charge in [0.1, 0.15) is 11.5 Å². The van der Waals surface area contributed by atoms with E-state index >= 15 is 0 Å². The third kappa shape index (κ3) is 3.15. The summed E-state index contributed by atoms with van der Waals surface area (Å²) in [5.41, 5.74) is 0.775. The largest absolute Gasteiger partial charge is 0.497 e. The SMILES string of the molecule is COc1cc(OC)cc(-c2noc(NC(C)C)n2)c1. The summed E-state index contributed by atoms with van der Waals surface area (Å²) < 4.78 is 15.5. The molecule has 2 rings (SSSR count). The summed E-state index contributed by atoms with van der Waals surface area (Å²) in [6.07, 6.45) is 0. The first-order valence-corrected chi connectivity index (χ1v) is 5.96. The van der Waals surface area contributed by atoms with Gasteiger partial charge in [-0.25, -0.2) is 0 Å². The molecule has 0 aliphatic rings. The Morgan fingerprint density at radius 2 is 1.74 bits per heavy atom. The monoisotopic (exact) mass is 263 g/mol. The van der Waals surface area contributed by atoms with Crippen molar-refractivity contribution in [3.63, 3.8) is 0 Å². The second-order valence-corrected chi connectivity index (χ2v) is 4.32. The lowest BCUT2D eigenvalue weighted by Gasteiger charge is -2.05. The van der Waals surface area contributed by atoms with Crippen molar-refractivity contribution in [1.82, 2.24) is 10.1 Å². The highest BCUT2D eigenvalue weighted by Gasteiger charge is 2.11. The predicted octanol–water partition coefficient (Wildman–Crippen LogP) is 2.57. The van der Waals surface area contributed by atoms with E-state index in [0.29, 0.717) is 23.3 Å². The molecular weight excluding hydrogens is 246 g/mol. The molecule has 0 saturated heterocycles. The fraction of sp³-hybridized carbons (Fsp3) is 0.385. The molecule has 0 saturated carbocycles. The number of ether oxygens (including phenoxy) is 2. The van der Waals surface area contributed by atoms with E-state index in [9.17, 15) is 0 Å². The van der Waals surface area contributed by atoms with Crippen LogP contribution >= 0.6 is 0 Å². The zero-order valence-electron chi connectivity index (χ0n) is 11.4. The van der Waals surface area contributed by atoms with Crippen LogP contribution in [0.1, 0.15) is 13.8 Å². The average Bonchev–Trinajstić information content (AvgIpc) is 2.85. The molecule has 1 N–H and O–H groups in total. The summed E-state index contributed by atoms with van der Waals surface area (Å²) >= 11 is 0. The third-order valence-electron chi connectivity index (χ3n) is 2.45. The van der Waals surface area contributed by atoms with Crippen molar-refractivity contribution < 1.29 is 14.0 Å². The molecule has 0 bridgehead atoms. The van der Waals surface area contributed by atoms with Crippen LogP contribution < -0.4 is 14.8 Å². The van der Waals surface area contributed by atoms with Crippen molar-refractivity contribution in [2.75, 3.05) is 19.5 Å². The number of benzene rings is 1. The van der Waals surface area contributed by atoms with Crippen molar-refractivity contribution >= 4 is 6.01 Å². The molecule has 2 aromatic rings. The van der Waals surface area contributed by atoms with Gasteiger partial charge in [-0.1, -0.05) is 5.16 Å². The lowest BCUT2D eigenvalue weighted by Crippen LogP contribution is -2.09. The number of nitrogens with one attached hydrogen (secondary N) is 1. The number of hydrogen-bond donors (Lipinski definition) is 1. The normalized spacial score (nSPS) is 10.6. The molecule has 1 aromatic heterocycles. The molecule has 0 aliphatic carbocycles. The van der Waals surface area contributed by atoms with Crippen LogP contribution in [0.2, 0.25) is 0 Å². The van der Waals surface area contributed by atoms with Crippen molar-refractivity contribution in [3.05, 3.63) is 18.2 Å². The molecule has 0 atom stereocenters. The summed E-state index contributed by atoms with van der Waals surface area (Å²) in [6.45, 7) is 4.00. The Labute approximate surface area is 111 Å². The lowest BCUT2D eigenvalue weighted by molar-refractivity contribution is 0.394. The Morgan fingerprint density at radius 1 is 1.11 bits per heavy atom. The smallest absolute Gasteiger partial charge is 0.321 e. The van der Waals surface area contributed by atoms with Gasteiger partial charge in [0.2, 0.25) is 5.82 Å². The highest BCUT2D eigenvalue weighted by molar-refractivity contribution is 5.61. The molecule has 102 valence electrons. The number of methoxy groups -OCH3 is 2. The Balaban J connectivity index is 2.32. The topological polar surface area (TPSA) is 69.4 Å². The van der Waals surface area contributed by atoms with Crippen molar-refractivity contribution in [1.29, 1.82) is 0 Å². The first-order chi connectivity index (χ1) is 9.12. The molecule has 6 nitrogen and oxygen atoms in total. The van der Waals surface area contributed by atoms with Crippen molar-refractivity contribution in [3.8, 4) is 22.9 Å². The second kappa shape index (κ2) is 5.60. The Hall–Kier alpha value is -2.24. The summed E-state index contributed by atoms with van der Waals surface area (Å²) in [4.78, 5) is 4.27. The van der Waals surface area contributed by atoms with Gasteiger partial charge in [-0.15, -0.1) is 0 Å². The fourth-order valence-corrected chi connectivity index (χ4v) is 1.58. The van der Waals surface area contributed by atoms with E-state index < -0.39 is 0 Å². The van der Waals surface area contributed by atoms with Gasteiger partial charge in [-0.3, -0.25) is 0 Å². The number of nitrogens with zero attached hydrogens (tertiary/aromatic N) is 2. The van der Waals surface area contributed by atoms with Gasteiger partial charge in [-0.05, 0) is 26.0 Å². The van der Waals surface area contributed by atoms with Gasteiger partial charge in [0, 0.05) is 17.7 Å². The first-order valence-electron chi connectivity index (χ1n) is 5.96. The van der Waals surface area contributed by atoms with E-state index in [-0.39, 0.29) is 6.04 Å². The van der Waals surface area contributed by atoms with Crippen molar-refractivity contribution in [2.45, 2.75) is 19.9 Å². The zero-order chi connectivity index (χ0) is 13.8. The Kier molecular flexibility index (Phi) is 3.89. The average molecular weight is 263 g/mol. The highest BCUT2D eigenvalue weighted by Crippen LogP contribution is 2.28. The molecule has 0 fully saturated rings. The standard InChI is InChI=1S/C13H17N3O3/c1-8(2)14-13-15-12(16-19-13)9-5-10(17-3)7-11(6-9)18-4/h5-8H,1-4H3,(H,14,15,16). The predicted molar refractivity (Wildman–Crippen MR) is 71.6 cm³/mol. The number of rotatable bonds is 5. The summed E-state index contributed by atoms with van der Waals surface area (Å²) in [5, 5.41) is 6.98. The quantitative estimate of drug-likeness (QED) is 0.894. The Morgan fingerprint density at radius 3 is 2.26 bits per heavy atom.